The summed E-state index contributed by atoms with van der Waals surface area (Å²) in [5.74, 6) is -0.0475. The van der Waals surface area contributed by atoms with Crippen LogP contribution in [0.3, 0.4) is 0 Å². The summed E-state index contributed by atoms with van der Waals surface area (Å²) >= 11 is 3.25. The Labute approximate surface area is 166 Å². The van der Waals surface area contributed by atoms with Crippen molar-refractivity contribution in [2.45, 2.75) is 18.9 Å². The molecule has 0 aliphatic carbocycles. The average Bonchev–Trinajstić information content (AvgIpc) is 3.39. The summed E-state index contributed by atoms with van der Waals surface area (Å²) in [4.78, 5) is 28.3. The summed E-state index contributed by atoms with van der Waals surface area (Å²) in [5, 5.41) is 8.64. The number of rotatable bonds is 5. The summed E-state index contributed by atoms with van der Waals surface area (Å²) in [5.41, 5.74) is 3.01. The van der Waals surface area contributed by atoms with Gasteiger partial charge in [-0.1, -0.05) is 30.3 Å². The molecule has 0 spiro atoms. The van der Waals surface area contributed by atoms with Gasteiger partial charge < -0.3 is 10.2 Å². The zero-order chi connectivity index (χ0) is 18.6. The number of fused-ring (bicyclic) bond motifs is 1. The van der Waals surface area contributed by atoms with Gasteiger partial charge in [-0.25, -0.2) is 0 Å². The van der Waals surface area contributed by atoms with Crippen LogP contribution in [0, 0.1) is 0 Å². The molecule has 1 aromatic carbocycles. The lowest BCUT2D eigenvalue weighted by atomic mass is 9.93. The van der Waals surface area contributed by atoms with Gasteiger partial charge in [-0.2, -0.15) is 11.3 Å². The van der Waals surface area contributed by atoms with Crippen molar-refractivity contribution in [1.29, 1.82) is 0 Å². The van der Waals surface area contributed by atoms with Gasteiger partial charge in [0.25, 0.3) is 5.91 Å². The number of amides is 2. The van der Waals surface area contributed by atoms with Crippen LogP contribution in [0.25, 0.3) is 0 Å². The third kappa shape index (κ3) is 3.82. The molecule has 0 bridgehead atoms. The fraction of sp³-hybridized carbons (Fsp3) is 0.238. The highest BCUT2D eigenvalue weighted by Crippen LogP contribution is 2.37. The van der Waals surface area contributed by atoms with E-state index in [2.05, 4.69) is 28.9 Å². The molecule has 3 aromatic rings. The van der Waals surface area contributed by atoms with Crippen molar-refractivity contribution in [2.75, 3.05) is 13.1 Å². The fourth-order valence-corrected chi connectivity index (χ4v) is 5.04. The van der Waals surface area contributed by atoms with Crippen LogP contribution in [-0.4, -0.2) is 29.8 Å². The Balaban J connectivity index is 1.46. The molecule has 0 unspecified atom stereocenters. The number of nitrogens with zero attached hydrogens (tertiary/aromatic N) is 1. The topological polar surface area (TPSA) is 49.4 Å². The number of benzene rings is 1. The number of thiophene rings is 2. The number of nitrogens with one attached hydrogen (secondary N) is 1. The van der Waals surface area contributed by atoms with Crippen LogP contribution >= 0.6 is 22.7 Å². The largest absolute Gasteiger partial charge is 0.351 e. The van der Waals surface area contributed by atoms with Gasteiger partial charge in [0, 0.05) is 35.3 Å². The first kappa shape index (κ1) is 17.9. The summed E-state index contributed by atoms with van der Waals surface area (Å²) < 4.78 is 0. The van der Waals surface area contributed by atoms with Gasteiger partial charge in [0.2, 0.25) is 5.91 Å². The standard InChI is InChI=1S/C21H20N2O2S2/c24-19(6-10-22-21(25)16-8-12-26-14-16)23-11-7-18-17(9-13-27-18)20(23)15-4-2-1-3-5-15/h1-5,8-9,12-14,20H,6-7,10-11H2,(H,22,25)/t20-/m0/s1. The van der Waals surface area contributed by atoms with Crippen LogP contribution in [0.4, 0.5) is 0 Å². The Hall–Kier alpha value is -2.44. The maximum Gasteiger partial charge on any atom is 0.252 e. The second-order valence-corrected chi connectivity index (χ2v) is 8.25. The van der Waals surface area contributed by atoms with Gasteiger partial charge >= 0.3 is 0 Å². The second-order valence-electron chi connectivity index (χ2n) is 6.47. The summed E-state index contributed by atoms with van der Waals surface area (Å²) in [6, 6.07) is 14.1. The van der Waals surface area contributed by atoms with Crippen LogP contribution in [-0.2, 0) is 11.2 Å². The highest BCUT2D eigenvalue weighted by molar-refractivity contribution is 7.10. The minimum Gasteiger partial charge on any atom is -0.351 e. The van der Waals surface area contributed by atoms with Crippen molar-refractivity contribution in [3.05, 3.63) is 80.2 Å². The molecule has 0 saturated heterocycles. The maximum absolute atomic E-state index is 13.0. The lowest BCUT2D eigenvalue weighted by Crippen LogP contribution is -2.41. The van der Waals surface area contributed by atoms with Gasteiger partial charge in [0.05, 0.1) is 6.04 Å². The fourth-order valence-electron chi connectivity index (χ4n) is 3.50. The first-order valence-electron chi connectivity index (χ1n) is 8.95. The van der Waals surface area contributed by atoms with Crippen LogP contribution in [0.1, 0.15) is 38.8 Å². The molecular formula is C21H20N2O2S2. The molecule has 4 nitrogen and oxygen atoms in total. The van der Waals surface area contributed by atoms with Crippen molar-refractivity contribution in [1.82, 2.24) is 10.2 Å². The van der Waals surface area contributed by atoms with E-state index in [1.807, 2.05) is 33.9 Å². The van der Waals surface area contributed by atoms with E-state index in [1.54, 1.807) is 17.4 Å². The molecule has 0 fully saturated rings. The normalized spacial score (nSPS) is 16.0. The van der Waals surface area contributed by atoms with Crippen LogP contribution in [0.2, 0.25) is 0 Å². The summed E-state index contributed by atoms with van der Waals surface area (Å²) in [6.45, 7) is 1.06. The number of carbonyl (C=O) groups is 2. The molecule has 3 heterocycles. The third-order valence-electron chi connectivity index (χ3n) is 4.81. The predicted molar refractivity (Wildman–Crippen MR) is 109 cm³/mol. The zero-order valence-corrected chi connectivity index (χ0v) is 16.4. The molecule has 2 aromatic heterocycles. The molecule has 1 atom stereocenters. The van der Waals surface area contributed by atoms with E-state index in [0.717, 1.165) is 12.0 Å². The number of hydrogen-bond donors (Lipinski definition) is 1. The zero-order valence-electron chi connectivity index (χ0n) is 14.8. The molecule has 0 saturated carbocycles. The Morgan fingerprint density at radius 3 is 2.74 bits per heavy atom. The summed E-state index contributed by atoms with van der Waals surface area (Å²) in [6.07, 6.45) is 1.20. The first-order valence-corrected chi connectivity index (χ1v) is 10.8. The smallest absolute Gasteiger partial charge is 0.252 e. The Bertz CT molecular complexity index is 919. The van der Waals surface area contributed by atoms with E-state index in [0.29, 0.717) is 25.1 Å². The Morgan fingerprint density at radius 2 is 1.96 bits per heavy atom. The average molecular weight is 397 g/mol. The van der Waals surface area contributed by atoms with E-state index in [-0.39, 0.29) is 17.9 Å². The Kier molecular flexibility index (Phi) is 5.36. The Morgan fingerprint density at radius 1 is 1.11 bits per heavy atom. The molecule has 2 amide bonds. The molecule has 138 valence electrons. The first-order chi connectivity index (χ1) is 13.2. The van der Waals surface area contributed by atoms with Crippen molar-refractivity contribution in [3.63, 3.8) is 0 Å². The van der Waals surface area contributed by atoms with Gasteiger partial charge in [0.1, 0.15) is 0 Å². The highest BCUT2D eigenvalue weighted by Gasteiger charge is 2.32. The quantitative estimate of drug-likeness (QED) is 0.706. The van der Waals surface area contributed by atoms with Crippen molar-refractivity contribution >= 4 is 34.5 Å². The van der Waals surface area contributed by atoms with Crippen LogP contribution in [0.15, 0.2) is 58.6 Å². The molecular weight excluding hydrogens is 376 g/mol. The molecule has 4 rings (SSSR count). The summed E-state index contributed by atoms with van der Waals surface area (Å²) in [7, 11) is 0. The monoisotopic (exact) mass is 396 g/mol. The number of hydrogen-bond acceptors (Lipinski definition) is 4. The molecule has 1 N–H and O–H groups in total. The number of carbonyl (C=O) groups excluding carboxylic acids is 2. The second kappa shape index (κ2) is 8.06. The van der Waals surface area contributed by atoms with Crippen molar-refractivity contribution in [3.8, 4) is 0 Å². The van der Waals surface area contributed by atoms with E-state index < -0.39 is 0 Å². The van der Waals surface area contributed by atoms with Crippen molar-refractivity contribution < 1.29 is 9.59 Å². The van der Waals surface area contributed by atoms with Crippen LogP contribution < -0.4 is 5.32 Å². The minimum atomic E-state index is -0.123. The minimum absolute atomic E-state index is 0.0405. The van der Waals surface area contributed by atoms with Gasteiger partial charge in [-0.3, -0.25) is 9.59 Å². The van der Waals surface area contributed by atoms with E-state index in [1.165, 1.54) is 21.8 Å². The lowest BCUT2D eigenvalue weighted by Gasteiger charge is -2.36. The van der Waals surface area contributed by atoms with Gasteiger partial charge in [-0.15, -0.1) is 11.3 Å². The third-order valence-corrected chi connectivity index (χ3v) is 6.49. The molecule has 1 aliphatic rings. The molecule has 1 aliphatic heterocycles. The van der Waals surface area contributed by atoms with Gasteiger partial charge in [0.15, 0.2) is 0 Å². The van der Waals surface area contributed by atoms with E-state index in [9.17, 15) is 9.59 Å². The van der Waals surface area contributed by atoms with Crippen LogP contribution in [0.5, 0.6) is 0 Å². The SMILES string of the molecule is O=C(NCCC(=O)N1CCc2sccc2[C@@H]1c1ccccc1)c1ccsc1. The van der Waals surface area contributed by atoms with Gasteiger partial charge in [-0.05, 0) is 40.4 Å². The molecule has 6 heteroatoms. The van der Waals surface area contributed by atoms with E-state index in [4.69, 9.17) is 0 Å². The predicted octanol–water partition coefficient (Wildman–Crippen LogP) is 4.10. The lowest BCUT2D eigenvalue weighted by molar-refractivity contribution is -0.133. The van der Waals surface area contributed by atoms with Crippen molar-refractivity contribution in [2.24, 2.45) is 0 Å². The van der Waals surface area contributed by atoms with E-state index >= 15 is 0 Å². The highest BCUT2D eigenvalue weighted by atomic mass is 32.1. The maximum atomic E-state index is 13.0. The molecule has 27 heavy (non-hydrogen) atoms. The molecule has 0 radical (unpaired) electrons.